The third kappa shape index (κ3) is 5.57. The van der Waals surface area contributed by atoms with Crippen LogP contribution < -0.4 is 20.9 Å². The minimum Gasteiger partial charge on any atom is -0.350 e. The summed E-state index contributed by atoms with van der Waals surface area (Å²) in [5.41, 5.74) is 2.80. The Hall–Kier alpha value is -3.35. The molecule has 1 aliphatic heterocycles. The first-order valence-corrected chi connectivity index (χ1v) is 9.33. The minimum atomic E-state index is -0.390. The van der Waals surface area contributed by atoms with Crippen LogP contribution in [0.2, 0.25) is 0 Å². The number of carbonyl (C=O) groups is 3. The van der Waals surface area contributed by atoms with Crippen LogP contribution >= 0.6 is 0 Å². The van der Waals surface area contributed by atoms with E-state index in [2.05, 4.69) is 16.0 Å². The molecule has 0 spiro atoms. The zero-order chi connectivity index (χ0) is 19.8. The minimum absolute atomic E-state index is 0.0962. The highest BCUT2D eigenvalue weighted by molar-refractivity contribution is 5.95. The zero-order valence-corrected chi connectivity index (χ0v) is 15.6. The fourth-order valence-corrected chi connectivity index (χ4v) is 2.98. The van der Waals surface area contributed by atoms with E-state index in [0.29, 0.717) is 19.5 Å². The van der Waals surface area contributed by atoms with E-state index in [1.54, 1.807) is 4.90 Å². The molecular weight excluding hydrogens is 356 g/mol. The lowest BCUT2D eigenvalue weighted by Crippen LogP contribution is -2.41. The van der Waals surface area contributed by atoms with Gasteiger partial charge in [-0.05, 0) is 29.7 Å². The van der Waals surface area contributed by atoms with Gasteiger partial charge in [-0.3, -0.25) is 9.59 Å². The predicted molar refractivity (Wildman–Crippen MR) is 107 cm³/mol. The smallest absolute Gasteiger partial charge is 0.315 e. The molecular formula is C21H24N4O3. The van der Waals surface area contributed by atoms with Crippen molar-refractivity contribution in [3.8, 4) is 0 Å². The van der Waals surface area contributed by atoms with E-state index in [1.807, 2.05) is 54.6 Å². The molecule has 1 fully saturated rings. The average Bonchev–Trinajstić information content (AvgIpc) is 3.16. The molecule has 1 heterocycles. The van der Waals surface area contributed by atoms with E-state index in [4.69, 9.17) is 0 Å². The molecule has 2 aromatic carbocycles. The van der Waals surface area contributed by atoms with Gasteiger partial charge in [-0.2, -0.15) is 0 Å². The monoisotopic (exact) mass is 380 g/mol. The second-order valence-corrected chi connectivity index (χ2v) is 6.61. The highest BCUT2D eigenvalue weighted by Gasteiger charge is 2.21. The van der Waals surface area contributed by atoms with E-state index in [-0.39, 0.29) is 18.4 Å². The molecule has 0 saturated carbocycles. The van der Waals surface area contributed by atoms with Gasteiger partial charge in [0.2, 0.25) is 11.8 Å². The van der Waals surface area contributed by atoms with Gasteiger partial charge in [0.15, 0.2) is 0 Å². The van der Waals surface area contributed by atoms with Crippen molar-refractivity contribution in [2.24, 2.45) is 0 Å². The number of nitrogens with zero attached hydrogens (tertiary/aromatic N) is 1. The highest BCUT2D eigenvalue weighted by Crippen LogP contribution is 2.21. The maximum Gasteiger partial charge on any atom is 0.315 e. The van der Waals surface area contributed by atoms with Crippen LogP contribution in [0.4, 0.5) is 10.5 Å². The summed E-state index contributed by atoms with van der Waals surface area (Å²) in [7, 11) is 0. The number of benzene rings is 2. The first kappa shape index (κ1) is 19.4. The molecule has 3 rings (SSSR count). The molecule has 0 unspecified atom stereocenters. The van der Waals surface area contributed by atoms with Gasteiger partial charge in [-0.1, -0.05) is 42.5 Å². The van der Waals surface area contributed by atoms with E-state index in [1.165, 1.54) is 0 Å². The lowest BCUT2D eigenvalue weighted by molar-refractivity contribution is -0.120. The number of hydrogen-bond acceptors (Lipinski definition) is 3. The van der Waals surface area contributed by atoms with Gasteiger partial charge in [0.1, 0.15) is 0 Å². The van der Waals surface area contributed by atoms with E-state index in [9.17, 15) is 14.4 Å². The molecule has 0 radical (unpaired) electrons. The molecule has 1 saturated heterocycles. The van der Waals surface area contributed by atoms with Crippen molar-refractivity contribution >= 4 is 23.5 Å². The Morgan fingerprint density at radius 2 is 1.54 bits per heavy atom. The van der Waals surface area contributed by atoms with E-state index in [0.717, 1.165) is 29.8 Å². The van der Waals surface area contributed by atoms with Crippen molar-refractivity contribution in [1.29, 1.82) is 0 Å². The van der Waals surface area contributed by atoms with Crippen molar-refractivity contribution in [2.75, 3.05) is 18.0 Å². The Labute approximate surface area is 164 Å². The molecule has 7 heteroatoms. The van der Waals surface area contributed by atoms with Gasteiger partial charge in [-0.25, -0.2) is 4.79 Å². The van der Waals surface area contributed by atoms with Crippen LogP contribution in [0.15, 0.2) is 54.6 Å². The first-order valence-electron chi connectivity index (χ1n) is 9.33. The number of rotatable bonds is 7. The number of carbonyl (C=O) groups excluding carboxylic acids is 3. The molecule has 3 N–H and O–H groups in total. The maximum atomic E-state index is 11.9. The largest absolute Gasteiger partial charge is 0.350 e. The van der Waals surface area contributed by atoms with Crippen molar-refractivity contribution < 1.29 is 14.4 Å². The average molecular weight is 380 g/mol. The number of anilines is 1. The van der Waals surface area contributed by atoms with Crippen molar-refractivity contribution in [3.63, 3.8) is 0 Å². The molecule has 2 aromatic rings. The van der Waals surface area contributed by atoms with Gasteiger partial charge in [0.05, 0.1) is 6.54 Å². The van der Waals surface area contributed by atoms with Crippen LogP contribution in [-0.4, -0.2) is 30.9 Å². The summed E-state index contributed by atoms with van der Waals surface area (Å²) in [6.45, 7) is 1.43. The van der Waals surface area contributed by atoms with Gasteiger partial charge in [-0.15, -0.1) is 0 Å². The van der Waals surface area contributed by atoms with Crippen LogP contribution in [0.5, 0.6) is 0 Å². The Balaban J connectivity index is 1.36. The molecule has 0 aliphatic carbocycles. The third-order valence-corrected chi connectivity index (χ3v) is 4.52. The topological polar surface area (TPSA) is 90.5 Å². The van der Waals surface area contributed by atoms with Crippen LogP contribution in [0, 0.1) is 0 Å². The highest BCUT2D eigenvalue weighted by atomic mass is 16.2. The summed E-state index contributed by atoms with van der Waals surface area (Å²) in [6.07, 6.45) is 1.49. The SMILES string of the molecule is O=C(CNC(=O)NCc1ccccc1)NCc1ccc(N2CCCC2=O)cc1. The number of urea groups is 1. The normalized spacial score (nSPS) is 13.3. The van der Waals surface area contributed by atoms with Gasteiger partial charge in [0, 0.05) is 31.7 Å². The summed E-state index contributed by atoms with van der Waals surface area (Å²) in [5.74, 6) is -0.119. The Morgan fingerprint density at radius 3 is 2.21 bits per heavy atom. The van der Waals surface area contributed by atoms with Crippen molar-refractivity contribution in [1.82, 2.24) is 16.0 Å². The van der Waals surface area contributed by atoms with Gasteiger partial charge >= 0.3 is 6.03 Å². The molecule has 0 aromatic heterocycles. The maximum absolute atomic E-state index is 11.9. The van der Waals surface area contributed by atoms with Crippen LogP contribution in [0.25, 0.3) is 0 Å². The Bertz CT molecular complexity index is 821. The second-order valence-electron chi connectivity index (χ2n) is 6.61. The number of hydrogen-bond donors (Lipinski definition) is 3. The fraction of sp³-hybridized carbons (Fsp3) is 0.286. The summed E-state index contributed by atoms with van der Waals surface area (Å²) in [4.78, 5) is 37.2. The van der Waals surface area contributed by atoms with E-state index < -0.39 is 6.03 Å². The standard InChI is InChI=1S/C21H24N4O3/c26-19(15-24-21(28)23-14-16-5-2-1-3-6-16)22-13-17-8-10-18(11-9-17)25-12-4-7-20(25)27/h1-3,5-6,8-11H,4,7,12-15H2,(H,22,26)(H2,23,24,28). The summed E-state index contributed by atoms with van der Waals surface area (Å²) in [6, 6.07) is 16.7. The lowest BCUT2D eigenvalue weighted by atomic mass is 10.2. The molecule has 4 amide bonds. The number of nitrogens with one attached hydrogen (secondary N) is 3. The molecule has 146 valence electrons. The van der Waals surface area contributed by atoms with Crippen LogP contribution in [0.1, 0.15) is 24.0 Å². The summed E-state index contributed by atoms with van der Waals surface area (Å²) in [5, 5.41) is 8.00. The third-order valence-electron chi connectivity index (χ3n) is 4.52. The van der Waals surface area contributed by atoms with Crippen LogP contribution in [-0.2, 0) is 22.7 Å². The van der Waals surface area contributed by atoms with Crippen molar-refractivity contribution in [3.05, 3.63) is 65.7 Å². The molecule has 0 bridgehead atoms. The molecule has 1 aliphatic rings. The molecule has 7 nitrogen and oxygen atoms in total. The Kier molecular flexibility index (Phi) is 6.62. The van der Waals surface area contributed by atoms with Gasteiger partial charge < -0.3 is 20.9 Å². The molecule has 0 atom stereocenters. The quantitative estimate of drug-likeness (QED) is 0.686. The van der Waals surface area contributed by atoms with Gasteiger partial charge in [0.25, 0.3) is 0 Å². The molecule has 28 heavy (non-hydrogen) atoms. The summed E-state index contributed by atoms with van der Waals surface area (Å²) < 4.78 is 0. The summed E-state index contributed by atoms with van der Waals surface area (Å²) >= 11 is 0. The first-order chi connectivity index (χ1) is 13.6. The second kappa shape index (κ2) is 9.55. The van der Waals surface area contributed by atoms with Crippen LogP contribution in [0.3, 0.4) is 0 Å². The Morgan fingerprint density at radius 1 is 0.857 bits per heavy atom. The van der Waals surface area contributed by atoms with E-state index >= 15 is 0 Å². The lowest BCUT2D eigenvalue weighted by Gasteiger charge is -2.16. The predicted octanol–water partition coefficient (Wildman–Crippen LogP) is 1.93. The fourth-order valence-electron chi connectivity index (χ4n) is 2.98. The zero-order valence-electron chi connectivity index (χ0n) is 15.6. The van der Waals surface area contributed by atoms with Crippen molar-refractivity contribution in [2.45, 2.75) is 25.9 Å². The number of amides is 4.